The molecule has 8 nitrogen and oxygen atoms in total. The molecule has 1 aromatic heterocycles. The average molecular weight is 416 g/mol. The van der Waals surface area contributed by atoms with E-state index in [-0.39, 0.29) is 28.7 Å². The number of amides is 1. The third-order valence-corrected chi connectivity index (χ3v) is 5.48. The molecular formula is C20H20N2O6S. The minimum atomic E-state index is -3.87. The first-order chi connectivity index (χ1) is 13.7. The molecule has 0 unspecified atom stereocenters. The molecule has 2 N–H and O–H groups in total. The fraction of sp³-hybridized carbons (Fsp3) is 0.200. The molecule has 0 fully saturated rings. The number of ether oxygens (including phenoxy) is 1. The van der Waals surface area contributed by atoms with Crippen molar-refractivity contribution < 1.29 is 27.2 Å². The molecule has 0 aliphatic rings. The zero-order chi connectivity index (χ0) is 21.2. The van der Waals surface area contributed by atoms with Crippen molar-refractivity contribution in [3.8, 4) is 0 Å². The predicted molar refractivity (Wildman–Crippen MR) is 108 cm³/mol. The second-order valence-electron chi connectivity index (χ2n) is 6.28. The number of aryl methyl sites for hydroxylation is 1. The number of hydrogen-bond donors (Lipinski definition) is 2. The summed E-state index contributed by atoms with van der Waals surface area (Å²) in [6.07, 6.45) is 0. The van der Waals surface area contributed by atoms with E-state index in [1.807, 2.05) is 0 Å². The Hall–Kier alpha value is -3.33. The molecule has 3 aromatic rings. The average Bonchev–Trinajstić information content (AvgIpc) is 2.96. The Morgan fingerprint density at radius 2 is 1.72 bits per heavy atom. The number of nitrogens with one attached hydrogen (secondary N) is 2. The number of benzene rings is 2. The standard InChI is InChI=1S/C20H20N2O6S/c1-4-27-20(24)19-12(2)28-18-10-7-15(11-17(18)19)22-29(25,26)16-8-5-14(6-9-16)21-13(3)23/h5-11,22H,4H2,1-3H3,(H,21,23). The monoisotopic (exact) mass is 416 g/mol. The van der Waals surface area contributed by atoms with Gasteiger partial charge in [-0.3, -0.25) is 9.52 Å². The smallest absolute Gasteiger partial charge is 0.342 e. The topological polar surface area (TPSA) is 115 Å². The molecule has 0 spiro atoms. The lowest BCUT2D eigenvalue weighted by Crippen LogP contribution is -2.13. The lowest BCUT2D eigenvalue weighted by atomic mass is 10.1. The Morgan fingerprint density at radius 1 is 1.07 bits per heavy atom. The summed E-state index contributed by atoms with van der Waals surface area (Å²) in [5, 5.41) is 3.03. The van der Waals surface area contributed by atoms with Crippen LogP contribution < -0.4 is 10.0 Å². The number of fused-ring (bicyclic) bond motifs is 1. The van der Waals surface area contributed by atoms with Crippen LogP contribution >= 0.6 is 0 Å². The van der Waals surface area contributed by atoms with Crippen LogP contribution in [0.1, 0.15) is 30.0 Å². The highest BCUT2D eigenvalue weighted by Gasteiger charge is 2.21. The molecule has 1 heterocycles. The van der Waals surface area contributed by atoms with Gasteiger partial charge >= 0.3 is 5.97 Å². The third-order valence-electron chi connectivity index (χ3n) is 4.08. The first-order valence-electron chi connectivity index (χ1n) is 8.82. The van der Waals surface area contributed by atoms with Gasteiger partial charge in [-0.2, -0.15) is 0 Å². The van der Waals surface area contributed by atoms with Gasteiger partial charge in [-0.1, -0.05) is 0 Å². The van der Waals surface area contributed by atoms with Gasteiger partial charge in [-0.25, -0.2) is 13.2 Å². The minimum Gasteiger partial charge on any atom is -0.462 e. The van der Waals surface area contributed by atoms with Crippen molar-refractivity contribution in [1.29, 1.82) is 0 Å². The maximum absolute atomic E-state index is 12.7. The van der Waals surface area contributed by atoms with Crippen LogP contribution in [0.3, 0.4) is 0 Å². The van der Waals surface area contributed by atoms with Crippen LogP contribution in [0, 0.1) is 6.92 Å². The molecule has 9 heteroatoms. The fourth-order valence-electron chi connectivity index (χ4n) is 2.88. The number of carbonyl (C=O) groups is 2. The highest BCUT2D eigenvalue weighted by atomic mass is 32.2. The van der Waals surface area contributed by atoms with E-state index in [2.05, 4.69) is 10.0 Å². The van der Waals surface area contributed by atoms with Crippen molar-refractivity contribution in [3.05, 3.63) is 53.8 Å². The summed E-state index contributed by atoms with van der Waals surface area (Å²) in [7, 11) is -3.87. The minimum absolute atomic E-state index is 0.0284. The Bertz CT molecular complexity index is 1180. The van der Waals surface area contributed by atoms with E-state index in [1.54, 1.807) is 26.0 Å². The molecule has 1 amide bonds. The molecule has 0 saturated heterocycles. The van der Waals surface area contributed by atoms with E-state index < -0.39 is 16.0 Å². The number of hydrogen-bond acceptors (Lipinski definition) is 6. The van der Waals surface area contributed by atoms with Crippen molar-refractivity contribution in [2.24, 2.45) is 0 Å². The summed E-state index contributed by atoms with van der Waals surface area (Å²) in [6.45, 7) is 4.93. The molecule has 0 aliphatic carbocycles. The summed E-state index contributed by atoms with van der Waals surface area (Å²) in [5.41, 5.74) is 1.48. The molecule has 0 atom stereocenters. The second kappa shape index (κ2) is 7.96. The fourth-order valence-corrected chi connectivity index (χ4v) is 3.92. The quantitative estimate of drug-likeness (QED) is 0.593. The Morgan fingerprint density at radius 3 is 2.34 bits per heavy atom. The third kappa shape index (κ3) is 4.40. The normalized spacial score (nSPS) is 11.3. The van der Waals surface area contributed by atoms with Gasteiger partial charge < -0.3 is 14.5 Å². The number of sulfonamides is 1. The van der Waals surface area contributed by atoms with E-state index in [4.69, 9.17) is 9.15 Å². The maximum atomic E-state index is 12.7. The van der Waals surface area contributed by atoms with Crippen molar-refractivity contribution in [1.82, 2.24) is 0 Å². The summed E-state index contributed by atoms with van der Waals surface area (Å²) in [4.78, 5) is 23.3. The van der Waals surface area contributed by atoms with Gasteiger partial charge in [0.25, 0.3) is 10.0 Å². The second-order valence-corrected chi connectivity index (χ2v) is 7.96. The van der Waals surface area contributed by atoms with Gasteiger partial charge in [-0.15, -0.1) is 0 Å². The van der Waals surface area contributed by atoms with Crippen LogP contribution in [-0.4, -0.2) is 26.9 Å². The lowest BCUT2D eigenvalue weighted by molar-refractivity contribution is -0.114. The van der Waals surface area contributed by atoms with Crippen molar-refractivity contribution in [2.45, 2.75) is 25.7 Å². The van der Waals surface area contributed by atoms with E-state index in [1.165, 1.54) is 37.3 Å². The van der Waals surface area contributed by atoms with Crippen molar-refractivity contribution >= 4 is 44.2 Å². The van der Waals surface area contributed by atoms with Gasteiger partial charge in [0, 0.05) is 23.7 Å². The van der Waals surface area contributed by atoms with Crippen LogP contribution in [-0.2, 0) is 19.6 Å². The number of rotatable bonds is 6. The molecule has 0 saturated carbocycles. The maximum Gasteiger partial charge on any atom is 0.342 e. The first-order valence-corrected chi connectivity index (χ1v) is 10.3. The molecule has 3 rings (SSSR count). The molecule has 29 heavy (non-hydrogen) atoms. The first kappa shape index (κ1) is 20.4. The summed E-state index contributed by atoms with van der Waals surface area (Å²) in [5.74, 6) is -0.385. The molecule has 0 aliphatic heterocycles. The van der Waals surface area contributed by atoms with Gasteiger partial charge in [-0.05, 0) is 56.3 Å². The lowest BCUT2D eigenvalue weighted by Gasteiger charge is -2.09. The van der Waals surface area contributed by atoms with Crippen LogP contribution in [0.4, 0.5) is 11.4 Å². The zero-order valence-corrected chi connectivity index (χ0v) is 16.9. The summed E-state index contributed by atoms with van der Waals surface area (Å²) < 4.78 is 38.5. The molecule has 0 bridgehead atoms. The van der Waals surface area contributed by atoms with Crippen LogP contribution in [0.25, 0.3) is 11.0 Å². The van der Waals surface area contributed by atoms with Crippen molar-refractivity contribution in [2.75, 3.05) is 16.6 Å². The Kier molecular flexibility index (Phi) is 5.60. The molecule has 152 valence electrons. The largest absolute Gasteiger partial charge is 0.462 e. The zero-order valence-electron chi connectivity index (χ0n) is 16.1. The van der Waals surface area contributed by atoms with E-state index in [0.717, 1.165) is 0 Å². The number of carbonyl (C=O) groups excluding carboxylic acids is 2. The highest BCUT2D eigenvalue weighted by Crippen LogP contribution is 2.30. The predicted octanol–water partition coefficient (Wildman–Crippen LogP) is 3.68. The van der Waals surface area contributed by atoms with Gasteiger partial charge in [0.2, 0.25) is 5.91 Å². The van der Waals surface area contributed by atoms with Crippen molar-refractivity contribution in [3.63, 3.8) is 0 Å². The molecule has 2 aromatic carbocycles. The molecular weight excluding hydrogens is 396 g/mol. The number of esters is 1. The highest BCUT2D eigenvalue weighted by molar-refractivity contribution is 7.92. The summed E-state index contributed by atoms with van der Waals surface area (Å²) in [6, 6.07) is 10.4. The van der Waals surface area contributed by atoms with E-state index in [0.29, 0.717) is 22.4 Å². The van der Waals surface area contributed by atoms with Gasteiger partial charge in [0.15, 0.2) is 0 Å². The van der Waals surface area contributed by atoms with Gasteiger partial charge in [0.1, 0.15) is 16.9 Å². The van der Waals surface area contributed by atoms with E-state index >= 15 is 0 Å². The Labute approximate surface area is 167 Å². The molecule has 0 radical (unpaired) electrons. The number of anilines is 2. The number of furan rings is 1. The summed E-state index contributed by atoms with van der Waals surface area (Å²) >= 11 is 0. The van der Waals surface area contributed by atoms with E-state index in [9.17, 15) is 18.0 Å². The Balaban J connectivity index is 1.91. The van der Waals surface area contributed by atoms with Crippen LogP contribution in [0.5, 0.6) is 0 Å². The van der Waals surface area contributed by atoms with Gasteiger partial charge in [0.05, 0.1) is 11.5 Å². The van der Waals surface area contributed by atoms with Crippen LogP contribution in [0.15, 0.2) is 51.8 Å². The van der Waals surface area contributed by atoms with Crippen LogP contribution in [0.2, 0.25) is 0 Å². The SMILES string of the molecule is CCOC(=O)c1c(C)oc2ccc(NS(=O)(=O)c3ccc(NC(C)=O)cc3)cc12.